The van der Waals surface area contributed by atoms with Crippen molar-refractivity contribution in [2.45, 2.75) is 50.8 Å². The Balaban J connectivity index is 1.76. The van der Waals surface area contributed by atoms with Gasteiger partial charge in [-0.25, -0.2) is 0 Å². The van der Waals surface area contributed by atoms with E-state index in [-0.39, 0.29) is 11.9 Å². The van der Waals surface area contributed by atoms with Gasteiger partial charge in [0.2, 0.25) is 0 Å². The minimum absolute atomic E-state index is 0.0505. The Morgan fingerprint density at radius 2 is 2.25 bits per heavy atom. The van der Waals surface area contributed by atoms with E-state index < -0.39 is 0 Å². The number of hydrogen-bond acceptors (Lipinski definition) is 4. The SMILES string of the molecule is COC(=O)C(C)CSCc1ccn(C2CCCCC2)n1. The zero-order valence-electron chi connectivity index (χ0n) is 12.4. The van der Waals surface area contributed by atoms with Crippen LogP contribution in [0.15, 0.2) is 12.3 Å². The van der Waals surface area contributed by atoms with Gasteiger partial charge in [-0.2, -0.15) is 16.9 Å². The predicted molar refractivity (Wildman–Crippen MR) is 81.7 cm³/mol. The van der Waals surface area contributed by atoms with Gasteiger partial charge < -0.3 is 4.74 Å². The molecular formula is C15H24N2O2S. The van der Waals surface area contributed by atoms with E-state index in [1.54, 1.807) is 11.8 Å². The van der Waals surface area contributed by atoms with Crippen molar-refractivity contribution in [3.8, 4) is 0 Å². The monoisotopic (exact) mass is 296 g/mol. The molecule has 1 fully saturated rings. The molecule has 1 unspecified atom stereocenters. The summed E-state index contributed by atoms with van der Waals surface area (Å²) in [5.41, 5.74) is 1.11. The molecule has 0 bridgehead atoms. The van der Waals surface area contributed by atoms with E-state index >= 15 is 0 Å². The van der Waals surface area contributed by atoms with Crippen molar-refractivity contribution < 1.29 is 9.53 Å². The van der Waals surface area contributed by atoms with Crippen LogP contribution in [0.1, 0.15) is 50.8 Å². The molecule has 0 saturated heterocycles. The Labute approximate surface area is 125 Å². The first kappa shape index (κ1) is 15.4. The van der Waals surface area contributed by atoms with Crippen molar-refractivity contribution in [2.75, 3.05) is 12.9 Å². The molecule has 1 atom stereocenters. The van der Waals surface area contributed by atoms with Crippen LogP contribution in [-0.4, -0.2) is 28.6 Å². The third kappa shape index (κ3) is 4.27. The summed E-state index contributed by atoms with van der Waals surface area (Å²) in [7, 11) is 1.44. The van der Waals surface area contributed by atoms with Crippen LogP contribution in [0.3, 0.4) is 0 Å². The van der Waals surface area contributed by atoms with Gasteiger partial charge in [0.15, 0.2) is 0 Å². The third-order valence-corrected chi connectivity index (χ3v) is 5.07. The van der Waals surface area contributed by atoms with E-state index in [1.165, 1.54) is 39.2 Å². The van der Waals surface area contributed by atoms with Gasteiger partial charge in [0.1, 0.15) is 0 Å². The summed E-state index contributed by atoms with van der Waals surface area (Å²) in [6.07, 6.45) is 8.64. The number of aromatic nitrogens is 2. The summed E-state index contributed by atoms with van der Waals surface area (Å²) in [6, 6.07) is 2.70. The first-order chi connectivity index (χ1) is 9.70. The lowest BCUT2D eigenvalue weighted by atomic mass is 9.96. The van der Waals surface area contributed by atoms with Crippen molar-refractivity contribution in [1.29, 1.82) is 0 Å². The second kappa shape index (κ2) is 7.72. The molecule has 5 heteroatoms. The van der Waals surface area contributed by atoms with Gasteiger partial charge in [-0.05, 0) is 18.9 Å². The largest absolute Gasteiger partial charge is 0.469 e. The molecule has 2 rings (SSSR count). The van der Waals surface area contributed by atoms with E-state index in [0.717, 1.165) is 17.2 Å². The Kier molecular flexibility index (Phi) is 5.95. The molecule has 0 aromatic carbocycles. The number of esters is 1. The van der Waals surface area contributed by atoms with Crippen molar-refractivity contribution in [1.82, 2.24) is 9.78 Å². The number of hydrogen-bond donors (Lipinski definition) is 0. The maximum Gasteiger partial charge on any atom is 0.309 e. The second-order valence-corrected chi connectivity index (χ2v) is 6.55. The zero-order valence-corrected chi connectivity index (χ0v) is 13.2. The number of nitrogens with zero attached hydrogens (tertiary/aromatic N) is 2. The minimum atomic E-state index is -0.134. The maximum atomic E-state index is 11.3. The molecule has 0 N–H and O–H groups in total. The Bertz CT molecular complexity index is 427. The average Bonchev–Trinajstić information content (AvgIpc) is 2.96. The molecule has 1 heterocycles. The highest BCUT2D eigenvalue weighted by molar-refractivity contribution is 7.98. The van der Waals surface area contributed by atoms with Gasteiger partial charge in [-0.15, -0.1) is 0 Å². The normalized spacial score (nSPS) is 17.9. The molecule has 0 spiro atoms. The molecule has 1 aromatic rings. The van der Waals surface area contributed by atoms with E-state index in [4.69, 9.17) is 4.74 Å². The van der Waals surface area contributed by atoms with Gasteiger partial charge in [0.05, 0.1) is 24.8 Å². The summed E-state index contributed by atoms with van der Waals surface area (Å²) in [4.78, 5) is 11.3. The molecule has 4 nitrogen and oxygen atoms in total. The molecule has 112 valence electrons. The lowest BCUT2D eigenvalue weighted by Crippen LogP contribution is -2.15. The first-order valence-electron chi connectivity index (χ1n) is 7.40. The van der Waals surface area contributed by atoms with E-state index in [1.807, 2.05) is 6.92 Å². The van der Waals surface area contributed by atoms with E-state index in [2.05, 4.69) is 22.0 Å². The standard InChI is InChI=1S/C15H24N2O2S/c1-12(15(18)19-2)10-20-11-13-8-9-17(16-13)14-6-4-3-5-7-14/h8-9,12,14H,3-7,10-11H2,1-2H3. The topological polar surface area (TPSA) is 44.1 Å². The van der Waals surface area contributed by atoms with Crippen molar-refractivity contribution in [3.05, 3.63) is 18.0 Å². The number of thioether (sulfide) groups is 1. The summed E-state index contributed by atoms with van der Waals surface area (Å²) in [5, 5.41) is 4.68. The summed E-state index contributed by atoms with van der Waals surface area (Å²) in [5.74, 6) is 1.46. The molecule has 0 amide bonds. The van der Waals surface area contributed by atoms with Gasteiger partial charge >= 0.3 is 5.97 Å². The fourth-order valence-corrected chi connectivity index (χ4v) is 3.58. The summed E-state index contributed by atoms with van der Waals surface area (Å²) >= 11 is 1.74. The Morgan fingerprint density at radius 1 is 1.50 bits per heavy atom. The van der Waals surface area contributed by atoms with Crippen LogP contribution in [0.2, 0.25) is 0 Å². The Hall–Kier alpha value is -0.970. The molecule has 1 aliphatic rings. The zero-order chi connectivity index (χ0) is 14.4. The fourth-order valence-electron chi connectivity index (χ4n) is 2.61. The van der Waals surface area contributed by atoms with Crippen LogP contribution < -0.4 is 0 Å². The number of ether oxygens (including phenoxy) is 1. The van der Waals surface area contributed by atoms with Crippen molar-refractivity contribution in [2.24, 2.45) is 5.92 Å². The average molecular weight is 296 g/mol. The van der Waals surface area contributed by atoms with Crippen LogP contribution in [-0.2, 0) is 15.3 Å². The molecule has 1 aromatic heterocycles. The molecule has 1 saturated carbocycles. The lowest BCUT2D eigenvalue weighted by Gasteiger charge is -2.21. The van der Waals surface area contributed by atoms with Gasteiger partial charge in [0, 0.05) is 17.7 Å². The number of rotatable bonds is 6. The highest BCUT2D eigenvalue weighted by Crippen LogP contribution is 2.27. The van der Waals surface area contributed by atoms with Crippen LogP contribution in [0, 0.1) is 5.92 Å². The van der Waals surface area contributed by atoms with E-state index in [9.17, 15) is 4.79 Å². The Morgan fingerprint density at radius 3 is 2.95 bits per heavy atom. The summed E-state index contributed by atoms with van der Waals surface area (Å²) in [6.45, 7) is 1.90. The maximum absolute atomic E-state index is 11.3. The van der Waals surface area contributed by atoms with Crippen LogP contribution in [0.4, 0.5) is 0 Å². The summed E-state index contributed by atoms with van der Waals surface area (Å²) < 4.78 is 6.86. The minimum Gasteiger partial charge on any atom is -0.469 e. The van der Waals surface area contributed by atoms with Crippen molar-refractivity contribution in [3.63, 3.8) is 0 Å². The van der Waals surface area contributed by atoms with Crippen LogP contribution in [0.5, 0.6) is 0 Å². The quantitative estimate of drug-likeness (QED) is 0.754. The molecule has 0 radical (unpaired) electrons. The predicted octanol–water partition coefficient (Wildman–Crippen LogP) is 3.43. The number of carbonyl (C=O) groups is 1. The number of carbonyl (C=O) groups excluding carboxylic acids is 1. The lowest BCUT2D eigenvalue weighted by molar-refractivity contribution is -0.143. The molecular weight excluding hydrogens is 272 g/mol. The first-order valence-corrected chi connectivity index (χ1v) is 8.55. The smallest absolute Gasteiger partial charge is 0.309 e. The van der Waals surface area contributed by atoms with Crippen molar-refractivity contribution >= 4 is 17.7 Å². The number of methoxy groups -OCH3 is 1. The molecule has 20 heavy (non-hydrogen) atoms. The van der Waals surface area contributed by atoms with Crippen LogP contribution in [0.25, 0.3) is 0 Å². The van der Waals surface area contributed by atoms with Gasteiger partial charge in [0.25, 0.3) is 0 Å². The second-order valence-electron chi connectivity index (χ2n) is 5.52. The van der Waals surface area contributed by atoms with Crippen LogP contribution >= 0.6 is 11.8 Å². The molecule has 0 aliphatic heterocycles. The fraction of sp³-hybridized carbons (Fsp3) is 0.733. The third-order valence-electron chi connectivity index (χ3n) is 3.83. The molecule has 1 aliphatic carbocycles. The highest BCUT2D eigenvalue weighted by Gasteiger charge is 2.16. The van der Waals surface area contributed by atoms with E-state index in [0.29, 0.717) is 6.04 Å². The van der Waals surface area contributed by atoms with Gasteiger partial charge in [-0.3, -0.25) is 9.48 Å². The van der Waals surface area contributed by atoms with Gasteiger partial charge in [-0.1, -0.05) is 26.2 Å². The highest BCUT2D eigenvalue weighted by atomic mass is 32.2.